The van der Waals surface area contributed by atoms with Gasteiger partial charge in [0.05, 0.1) is 13.0 Å². The highest BCUT2D eigenvalue weighted by molar-refractivity contribution is 5.72. The van der Waals surface area contributed by atoms with E-state index in [9.17, 15) is 9.59 Å². The number of rotatable bonds is 4. The second kappa shape index (κ2) is 3.71. The van der Waals surface area contributed by atoms with Crippen molar-refractivity contribution < 1.29 is 14.3 Å². The van der Waals surface area contributed by atoms with E-state index < -0.39 is 0 Å². The summed E-state index contributed by atoms with van der Waals surface area (Å²) in [5, 5.41) is 0. The summed E-state index contributed by atoms with van der Waals surface area (Å²) < 4.78 is 4.65. The summed E-state index contributed by atoms with van der Waals surface area (Å²) in [6.45, 7) is 5.99. The quantitative estimate of drug-likeness (QED) is 0.509. The monoisotopic (exact) mass is 198 g/mol. The Morgan fingerprint density at radius 2 is 2.14 bits per heavy atom. The van der Waals surface area contributed by atoms with E-state index in [-0.39, 0.29) is 23.2 Å². The van der Waals surface area contributed by atoms with Crippen molar-refractivity contribution >= 4 is 12.3 Å². The van der Waals surface area contributed by atoms with Crippen LogP contribution in [0.5, 0.6) is 0 Å². The smallest absolute Gasteiger partial charge is 0.308 e. The largest absolute Gasteiger partial charge is 0.469 e. The van der Waals surface area contributed by atoms with Crippen LogP contribution in [0.25, 0.3) is 0 Å². The third kappa shape index (κ3) is 1.81. The van der Waals surface area contributed by atoms with Gasteiger partial charge >= 0.3 is 5.97 Å². The van der Waals surface area contributed by atoms with Crippen LogP contribution in [0, 0.1) is 23.2 Å². The van der Waals surface area contributed by atoms with E-state index in [1.54, 1.807) is 0 Å². The molecule has 0 saturated heterocycles. The zero-order chi connectivity index (χ0) is 10.9. The van der Waals surface area contributed by atoms with E-state index in [1.807, 2.05) is 6.92 Å². The molecule has 0 spiro atoms. The van der Waals surface area contributed by atoms with Crippen LogP contribution in [0.2, 0.25) is 0 Å². The second-order valence-corrected chi connectivity index (χ2v) is 4.75. The van der Waals surface area contributed by atoms with Gasteiger partial charge in [0.15, 0.2) is 0 Å². The van der Waals surface area contributed by atoms with E-state index in [0.29, 0.717) is 5.92 Å². The molecule has 1 aliphatic rings. The predicted molar refractivity (Wildman–Crippen MR) is 52.6 cm³/mol. The minimum absolute atomic E-state index is 0.0734. The molecule has 0 N–H and O–H groups in total. The van der Waals surface area contributed by atoms with E-state index in [0.717, 1.165) is 12.7 Å². The van der Waals surface area contributed by atoms with Crippen molar-refractivity contribution in [3.05, 3.63) is 0 Å². The molecule has 0 radical (unpaired) electrons. The van der Waals surface area contributed by atoms with Crippen LogP contribution >= 0.6 is 0 Å². The van der Waals surface area contributed by atoms with Crippen molar-refractivity contribution in [1.29, 1.82) is 0 Å². The number of methoxy groups -OCH3 is 1. The van der Waals surface area contributed by atoms with Gasteiger partial charge in [-0.3, -0.25) is 4.79 Å². The molecule has 0 aromatic carbocycles. The van der Waals surface area contributed by atoms with E-state index >= 15 is 0 Å². The molecule has 1 saturated carbocycles. The van der Waals surface area contributed by atoms with Crippen molar-refractivity contribution in [2.24, 2.45) is 23.2 Å². The van der Waals surface area contributed by atoms with Crippen molar-refractivity contribution in [3.8, 4) is 0 Å². The first-order valence-corrected chi connectivity index (χ1v) is 4.98. The molecule has 14 heavy (non-hydrogen) atoms. The first-order chi connectivity index (χ1) is 6.45. The molecule has 1 aliphatic carbocycles. The highest BCUT2D eigenvalue weighted by Crippen LogP contribution is 2.59. The van der Waals surface area contributed by atoms with Crippen molar-refractivity contribution in [3.63, 3.8) is 0 Å². The summed E-state index contributed by atoms with van der Waals surface area (Å²) in [6, 6.07) is 0. The molecule has 0 heterocycles. The standard InChI is InChI=1S/C11H18O3/c1-7(10(13)14-4)5-8-9(6-12)11(8,2)3/h6-9H,5H2,1-4H3. The molecule has 0 amide bonds. The van der Waals surface area contributed by atoms with Gasteiger partial charge in [0.1, 0.15) is 6.29 Å². The van der Waals surface area contributed by atoms with Gasteiger partial charge in [-0.2, -0.15) is 0 Å². The van der Waals surface area contributed by atoms with Crippen LogP contribution in [0.4, 0.5) is 0 Å². The van der Waals surface area contributed by atoms with Crippen molar-refractivity contribution in [2.45, 2.75) is 27.2 Å². The minimum Gasteiger partial charge on any atom is -0.469 e. The Labute approximate surface area is 84.8 Å². The lowest BCUT2D eigenvalue weighted by Gasteiger charge is -2.09. The van der Waals surface area contributed by atoms with E-state index in [2.05, 4.69) is 18.6 Å². The number of aldehydes is 1. The Bertz CT molecular complexity index is 245. The van der Waals surface area contributed by atoms with Crippen LogP contribution < -0.4 is 0 Å². The molecule has 0 aliphatic heterocycles. The maximum absolute atomic E-state index is 11.2. The van der Waals surface area contributed by atoms with Gasteiger partial charge in [-0.15, -0.1) is 0 Å². The Morgan fingerprint density at radius 3 is 2.50 bits per heavy atom. The zero-order valence-corrected chi connectivity index (χ0v) is 9.24. The molecule has 3 atom stereocenters. The normalized spacial score (nSPS) is 30.6. The molecule has 1 fully saturated rings. The molecule has 3 nitrogen and oxygen atoms in total. The second-order valence-electron chi connectivity index (χ2n) is 4.75. The van der Waals surface area contributed by atoms with Gasteiger partial charge in [0, 0.05) is 5.92 Å². The molecule has 3 heteroatoms. The predicted octanol–water partition coefficient (Wildman–Crippen LogP) is 1.66. The maximum atomic E-state index is 11.2. The van der Waals surface area contributed by atoms with Crippen LogP contribution in [-0.4, -0.2) is 19.4 Å². The van der Waals surface area contributed by atoms with Crippen LogP contribution in [-0.2, 0) is 14.3 Å². The molecule has 3 unspecified atom stereocenters. The Balaban J connectivity index is 2.48. The molecule has 1 rings (SSSR count). The summed E-state index contributed by atoms with van der Waals surface area (Å²) in [5.41, 5.74) is 0.0734. The summed E-state index contributed by atoms with van der Waals surface area (Å²) in [4.78, 5) is 21.9. The lowest BCUT2D eigenvalue weighted by atomic mass is 10.00. The average Bonchev–Trinajstić information content (AvgIpc) is 2.66. The highest BCUT2D eigenvalue weighted by Gasteiger charge is 2.57. The Hall–Kier alpha value is -0.860. The number of carbonyl (C=O) groups is 2. The number of hydrogen-bond donors (Lipinski definition) is 0. The summed E-state index contributed by atoms with van der Waals surface area (Å²) in [7, 11) is 1.40. The first kappa shape index (κ1) is 11.2. The van der Waals surface area contributed by atoms with Crippen LogP contribution in [0.1, 0.15) is 27.2 Å². The zero-order valence-electron chi connectivity index (χ0n) is 9.24. The number of carbonyl (C=O) groups excluding carboxylic acids is 2. The SMILES string of the molecule is COC(=O)C(C)CC1C(C=O)C1(C)C. The lowest BCUT2D eigenvalue weighted by molar-refractivity contribution is -0.145. The number of esters is 1. The first-order valence-electron chi connectivity index (χ1n) is 4.98. The third-order valence-corrected chi connectivity index (χ3v) is 3.50. The van der Waals surface area contributed by atoms with E-state index in [4.69, 9.17) is 0 Å². The van der Waals surface area contributed by atoms with Crippen LogP contribution in [0.3, 0.4) is 0 Å². The van der Waals surface area contributed by atoms with Gasteiger partial charge in [-0.1, -0.05) is 20.8 Å². The fraction of sp³-hybridized carbons (Fsp3) is 0.818. The Morgan fingerprint density at radius 1 is 1.57 bits per heavy atom. The lowest BCUT2D eigenvalue weighted by Crippen LogP contribution is -2.14. The molecule has 0 aromatic heterocycles. The summed E-state index contributed by atoms with van der Waals surface area (Å²) >= 11 is 0. The number of ether oxygens (including phenoxy) is 1. The van der Waals surface area contributed by atoms with Crippen molar-refractivity contribution in [1.82, 2.24) is 0 Å². The molecular weight excluding hydrogens is 180 g/mol. The highest BCUT2D eigenvalue weighted by atomic mass is 16.5. The topological polar surface area (TPSA) is 43.4 Å². The number of hydrogen-bond acceptors (Lipinski definition) is 3. The van der Waals surface area contributed by atoms with Gasteiger partial charge in [-0.25, -0.2) is 0 Å². The molecule has 0 aromatic rings. The van der Waals surface area contributed by atoms with Crippen molar-refractivity contribution in [2.75, 3.05) is 7.11 Å². The third-order valence-electron chi connectivity index (χ3n) is 3.50. The summed E-state index contributed by atoms with van der Waals surface area (Å²) in [6.07, 6.45) is 1.76. The minimum atomic E-state index is -0.183. The van der Waals surface area contributed by atoms with E-state index in [1.165, 1.54) is 7.11 Å². The van der Waals surface area contributed by atoms with Crippen LogP contribution in [0.15, 0.2) is 0 Å². The van der Waals surface area contributed by atoms with Gasteiger partial charge in [0.25, 0.3) is 0 Å². The van der Waals surface area contributed by atoms with Gasteiger partial charge in [0.2, 0.25) is 0 Å². The maximum Gasteiger partial charge on any atom is 0.308 e. The fourth-order valence-corrected chi connectivity index (χ4v) is 2.19. The van der Waals surface area contributed by atoms with Gasteiger partial charge in [-0.05, 0) is 17.8 Å². The molecule has 0 bridgehead atoms. The molecule has 80 valence electrons. The fourth-order valence-electron chi connectivity index (χ4n) is 2.19. The Kier molecular flexibility index (Phi) is 2.98. The summed E-state index contributed by atoms with van der Waals surface area (Å²) in [5.74, 6) is 0.176. The average molecular weight is 198 g/mol. The molecular formula is C11H18O3. The van der Waals surface area contributed by atoms with Gasteiger partial charge < -0.3 is 9.53 Å².